The predicted octanol–water partition coefficient (Wildman–Crippen LogP) is 3.67. The summed E-state index contributed by atoms with van der Waals surface area (Å²) in [6.07, 6.45) is 0.816. The van der Waals surface area contributed by atoms with Crippen molar-refractivity contribution in [1.82, 2.24) is 4.98 Å². The number of imide groups is 1. The third kappa shape index (κ3) is 2.91. The van der Waals surface area contributed by atoms with E-state index in [1.54, 1.807) is 6.07 Å². The summed E-state index contributed by atoms with van der Waals surface area (Å²) in [6, 6.07) is 19.4. The van der Waals surface area contributed by atoms with Crippen LogP contribution in [0.2, 0.25) is 0 Å². The molecule has 2 heterocycles. The molecule has 4 nitrogen and oxygen atoms in total. The number of hydrogen-bond donors (Lipinski definition) is 0. The number of fused-ring (bicyclic) bond motifs is 1. The van der Waals surface area contributed by atoms with E-state index in [2.05, 4.69) is 4.98 Å². The fraction of sp³-hybridized carbons (Fsp3) is 0.190. The van der Waals surface area contributed by atoms with Gasteiger partial charge in [0.15, 0.2) is 0 Å². The zero-order valence-electron chi connectivity index (χ0n) is 14.0. The number of pyridine rings is 1. The number of carbonyl (C=O) groups is 2. The first-order valence-corrected chi connectivity index (χ1v) is 8.40. The number of nitrogens with zero attached hydrogens (tertiary/aromatic N) is 2. The zero-order chi connectivity index (χ0) is 17.4. The molecule has 0 bridgehead atoms. The Morgan fingerprint density at radius 1 is 1.00 bits per heavy atom. The lowest BCUT2D eigenvalue weighted by Crippen LogP contribution is -2.31. The third-order valence-corrected chi connectivity index (χ3v) is 4.66. The van der Waals surface area contributed by atoms with Gasteiger partial charge in [0.1, 0.15) is 5.82 Å². The van der Waals surface area contributed by atoms with Crippen molar-refractivity contribution in [2.45, 2.75) is 19.8 Å². The van der Waals surface area contributed by atoms with E-state index in [0.29, 0.717) is 12.2 Å². The molecule has 124 valence electrons. The Morgan fingerprint density at radius 2 is 1.76 bits per heavy atom. The van der Waals surface area contributed by atoms with E-state index in [1.807, 2.05) is 61.5 Å². The molecule has 1 fully saturated rings. The van der Waals surface area contributed by atoms with Crippen LogP contribution in [0.1, 0.15) is 17.5 Å². The standard InChI is InChI=1S/C21H18N2O2/c1-14-6-8-15(9-7-14)12-17-13-20(24)23(21(17)25)19-11-10-16-4-2-3-5-18(16)22-19/h2-11,17H,12-13H2,1H3/t17-/m1/s1. The largest absolute Gasteiger partial charge is 0.274 e. The quantitative estimate of drug-likeness (QED) is 0.689. The summed E-state index contributed by atoms with van der Waals surface area (Å²) in [5.74, 6) is -0.234. The maximum Gasteiger partial charge on any atom is 0.238 e. The van der Waals surface area contributed by atoms with Gasteiger partial charge in [0, 0.05) is 11.8 Å². The molecule has 4 heteroatoms. The molecule has 0 aliphatic carbocycles. The van der Waals surface area contributed by atoms with Gasteiger partial charge in [-0.3, -0.25) is 9.59 Å². The second-order valence-corrected chi connectivity index (χ2v) is 6.52. The summed E-state index contributed by atoms with van der Waals surface area (Å²) in [5.41, 5.74) is 3.03. The highest BCUT2D eigenvalue weighted by Gasteiger charge is 2.40. The van der Waals surface area contributed by atoms with Gasteiger partial charge < -0.3 is 0 Å². The minimum atomic E-state index is -0.316. The molecule has 1 atom stereocenters. The summed E-state index contributed by atoms with van der Waals surface area (Å²) in [4.78, 5) is 31.0. The fourth-order valence-electron chi connectivity index (χ4n) is 3.28. The van der Waals surface area contributed by atoms with Gasteiger partial charge in [-0.1, -0.05) is 48.0 Å². The zero-order valence-corrected chi connectivity index (χ0v) is 14.0. The molecule has 1 aliphatic heterocycles. The molecule has 0 unspecified atom stereocenters. The van der Waals surface area contributed by atoms with Crippen molar-refractivity contribution in [2.24, 2.45) is 5.92 Å². The number of rotatable bonds is 3. The monoisotopic (exact) mass is 330 g/mol. The Bertz CT molecular complexity index is 963. The number of amides is 2. The lowest BCUT2D eigenvalue weighted by atomic mass is 9.97. The summed E-state index contributed by atoms with van der Waals surface area (Å²) in [5, 5.41) is 0.988. The van der Waals surface area contributed by atoms with Crippen LogP contribution in [-0.4, -0.2) is 16.8 Å². The SMILES string of the molecule is Cc1ccc(C[C@@H]2CC(=O)N(c3ccc4ccccc4n3)C2=O)cc1. The van der Waals surface area contributed by atoms with Crippen LogP contribution in [0.25, 0.3) is 10.9 Å². The third-order valence-electron chi connectivity index (χ3n) is 4.66. The molecule has 0 radical (unpaired) electrons. The van der Waals surface area contributed by atoms with E-state index in [0.717, 1.165) is 16.5 Å². The molecule has 25 heavy (non-hydrogen) atoms. The van der Waals surface area contributed by atoms with Crippen LogP contribution >= 0.6 is 0 Å². The maximum atomic E-state index is 12.8. The van der Waals surface area contributed by atoms with Gasteiger partial charge in [-0.15, -0.1) is 0 Å². The van der Waals surface area contributed by atoms with Crippen molar-refractivity contribution in [3.05, 3.63) is 71.8 Å². The number of carbonyl (C=O) groups excluding carboxylic acids is 2. The highest BCUT2D eigenvalue weighted by molar-refractivity contribution is 6.20. The van der Waals surface area contributed by atoms with Gasteiger partial charge in [0.05, 0.1) is 11.4 Å². The van der Waals surface area contributed by atoms with Crippen LogP contribution in [0.4, 0.5) is 5.82 Å². The number of anilines is 1. The topological polar surface area (TPSA) is 50.3 Å². The lowest BCUT2D eigenvalue weighted by Gasteiger charge is -2.14. The van der Waals surface area contributed by atoms with Gasteiger partial charge in [0.25, 0.3) is 0 Å². The van der Waals surface area contributed by atoms with Crippen LogP contribution in [0.15, 0.2) is 60.7 Å². The second-order valence-electron chi connectivity index (χ2n) is 6.52. The highest BCUT2D eigenvalue weighted by atomic mass is 16.2. The lowest BCUT2D eigenvalue weighted by molar-refractivity contribution is -0.122. The van der Waals surface area contributed by atoms with Gasteiger partial charge in [-0.2, -0.15) is 0 Å². The number of benzene rings is 2. The van der Waals surface area contributed by atoms with Gasteiger partial charge in [0.2, 0.25) is 11.8 Å². The van der Waals surface area contributed by atoms with Crippen molar-refractivity contribution in [3.8, 4) is 0 Å². The summed E-state index contributed by atoms with van der Waals surface area (Å²) >= 11 is 0. The van der Waals surface area contributed by atoms with E-state index in [4.69, 9.17) is 0 Å². The average molecular weight is 330 g/mol. The minimum Gasteiger partial charge on any atom is -0.274 e. The Balaban J connectivity index is 1.60. The molecule has 2 aromatic carbocycles. The van der Waals surface area contributed by atoms with E-state index in [1.165, 1.54) is 10.5 Å². The first kappa shape index (κ1) is 15.5. The van der Waals surface area contributed by atoms with Crippen LogP contribution in [0.5, 0.6) is 0 Å². The number of para-hydroxylation sites is 1. The Labute approximate surface area is 146 Å². The van der Waals surface area contributed by atoms with Crippen LogP contribution < -0.4 is 4.90 Å². The van der Waals surface area contributed by atoms with Crippen LogP contribution in [0.3, 0.4) is 0 Å². The average Bonchev–Trinajstić information content (AvgIpc) is 2.90. The molecule has 4 rings (SSSR count). The Kier molecular flexibility index (Phi) is 3.80. The summed E-state index contributed by atoms with van der Waals surface area (Å²) in [6.45, 7) is 2.03. The summed E-state index contributed by atoms with van der Waals surface area (Å²) in [7, 11) is 0. The Hall–Kier alpha value is -3.01. The van der Waals surface area contributed by atoms with Gasteiger partial charge in [-0.25, -0.2) is 9.88 Å². The molecule has 2 amide bonds. The fourth-order valence-corrected chi connectivity index (χ4v) is 3.28. The summed E-state index contributed by atoms with van der Waals surface area (Å²) < 4.78 is 0. The van der Waals surface area contributed by atoms with Crippen molar-refractivity contribution in [3.63, 3.8) is 0 Å². The molecule has 0 spiro atoms. The normalized spacial score (nSPS) is 17.5. The first-order valence-electron chi connectivity index (χ1n) is 8.40. The molecule has 3 aromatic rings. The van der Waals surface area contributed by atoms with Gasteiger partial charge >= 0.3 is 0 Å². The second kappa shape index (κ2) is 6.13. The number of hydrogen-bond acceptors (Lipinski definition) is 3. The van der Waals surface area contributed by atoms with Crippen LogP contribution in [0, 0.1) is 12.8 Å². The van der Waals surface area contributed by atoms with Crippen molar-refractivity contribution in [1.29, 1.82) is 0 Å². The minimum absolute atomic E-state index is 0.159. The van der Waals surface area contributed by atoms with E-state index in [9.17, 15) is 9.59 Å². The van der Waals surface area contributed by atoms with E-state index < -0.39 is 0 Å². The molecule has 0 saturated carbocycles. The molecule has 0 N–H and O–H groups in total. The van der Waals surface area contributed by atoms with Crippen molar-refractivity contribution >= 4 is 28.5 Å². The predicted molar refractivity (Wildman–Crippen MR) is 97.2 cm³/mol. The first-order chi connectivity index (χ1) is 12.1. The smallest absolute Gasteiger partial charge is 0.238 e. The molecular weight excluding hydrogens is 312 g/mol. The van der Waals surface area contributed by atoms with Crippen LogP contribution in [-0.2, 0) is 16.0 Å². The van der Waals surface area contributed by atoms with Gasteiger partial charge in [-0.05, 0) is 37.1 Å². The van der Waals surface area contributed by atoms with Crippen molar-refractivity contribution < 1.29 is 9.59 Å². The molecular formula is C21H18N2O2. The molecule has 1 aromatic heterocycles. The van der Waals surface area contributed by atoms with Crippen molar-refractivity contribution in [2.75, 3.05) is 4.90 Å². The maximum absolute atomic E-state index is 12.8. The molecule has 1 saturated heterocycles. The highest BCUT2D eigenvalue weighted by Crippen LogP contribution is 2.29. The number of aromatic nitrogens is 1. The number of aryl methyl sites for hydroxylation is 1. The van der Waals surface area contributed by atoms with E-state index in [-0.39, 0.29) is 24.2 Å². The van der Waals surface area contributed by atoms with E-state index >= 15 is 0 Å². The Morgan fingerprint density at radius 3 is 2.56 bits per heavy atom. The molecule has 1 aliphatic rings.